The van der Waals surface area contributed by atoms with Gasteiger partial charge in [0, 0.05) is 24.9 Å². The minimum Gasteiger partial charge on any atom is -0.459 e. The van der Waals surface area contributed by atoms with E-state index in [4.69, 9.17) is 10.2 Å². The van der Waals surface area contributed by atoms with Gasteiger partial charge in [-0.1, -0.05) is 18.2 Å². The van der Waals surface area contributed by atoms with Crippen molar-refractivity contribution in [2.75, 3.05) is 7.05 Å². The van der Waals surface area contributed by atoms with E-state index in [1.807, 2.05) is 37.3 Å². The maximum Gasteiger partial charge on any atom is 0.224 e. The molecule has 1 aromatic heterocycles. The van der Waals surface area contributed by atoms with E-state index in [1.165, 1.54) is 0 Å². The van der Waals surface area contributed by atoms with Crippen molar-refractivity contribution in [1.82, 2.24) is 4.90 Å². The number of furan rings is 1. The zero-order chi connectivity index (χ0) is 13.1. The number of amides is 1. The highest BCUT2D eigenvalue weighted by atomic mass is 35.5. The van der Waals surface area contributed by atoms with E-state index < -0.39 is 0 Å². The number of hydrogen-bond acceptors (Lipinski definition) is 3. The van der Waals surface area contributed by atoms with Gasteiger partial charge in [-0.2, -0.15) is 0 Å². The minimum absolute atomic E-state index is 0. The van der Waals surface area contributed by atoms with E-state index in [9.17, 15) is 4.79 Å². The lowest BCUT2D eigenvalue weighted by atomic mass is 10.2. The summed E-state index contributed by atoms with van der Waals surface area (Å²) < 4.78 is 5.67. The van der Waals surface area contributed by atoms with Crippen LogP contribution in [0, 0.1) is 0 Å². The summed E-state index contributed by atoms with van der Waals surface area (Å²) in [4.78, 5) is 13.4. The second kappa shape index (κ2) is 6.59. The van der Waals surface area contributed by atoms with Crippen LogP contribution in [0.25, 0.3) is 11.0 Å². The fraction of sp³-hybridized carbons (Fsp3) is 0.357. The van der Waals surface area contributed by atoms with Crippen LogP contribution in [0.1, 0.15) is 19.1 Å². The van der Waals surface area contributed by atoms with Crippen molar-refractivity contribution in [3.63, 3.8) is 0 Å². The molecule has 19 heavy (non-hydrogen) atoms. The molecule has 0 saturated carbocycles. The Morgan fingerprint density at radius 2 is 2.11 bits per heavy atom. The predicted octanol–water partition coefficient (Wildman–Crippen LogP) is 2.55. The van der Waals surface area contributed by atoms with Gasteiger partial charge in [-0.05, 0) is 19.1 Å². The molecular weight excluding hydrogens is 264 g/mol. The SMILES string of the molecule is CC(N)CC(=O)N(C)Cc1cc2ccccc2o1.Cl. The molecule has 4 nitrogen and oxygen atoms in total. The first-order valence-electron chi connectivity index (χ1n) is 6.03. The molecule has 0 saturated heterocycles. The van der Waals surface area contributed by atoms with Gasteiger partial charge in [0.1, 0.15) is 11.3 Å². The molecular formula is C14H19ClN2O2. The number of nitrogens with zero attached hydrogens (tertiary/aromatic N) is 1. The second-order valence-electron chi connectivity index (χ2n) is 4.68. The number of fused-ring (bicyclic) bond motifs is 1. The van der Waals surface area contributed by atoms with Crippen molar-refractivity contribution < 1.29 is 9.21 Å². The van der Waals surface area contributed by atoms with E-state index in [1.54, 1.807) is 11.9 Å². The third-order valence-corrected chi connectivity index (χ3v) is 2.79. The van der Waals surface area contributed by atoms with Gasteiger partial charge >= 0.3 is 0 Å². The summed E-state index contributed by atoms with van der Waals surface area (Å²) in [5.41, 5.74) is 6.46. The van der Waals surface area contributed by atoms with Crippen LogP contribution >= 0.6 is 12.4 Å². The van der Waals surface area contributed by atoms with Crippen molar-refractivity contribution in [3.8, 4) is 0 Å². The minimum atomic E-state index is -0.115. The van der Waals surface area contributed by atoms with Gasteiger partial charge in [0.15, 0.2) is 0 Å². The first-order chi connectivity index (χ1) is 8.56. The van der Waals surface area contributed by atoms with E-state index in [2.05, 4.69) is 0 Å². The monoisotopic (exact) mass is 282 g/mol. The Bertz CT molecular complexity index is 518. The molecule has 0 aliphatic heterocycles. The average Bonchev–Trinajstić information content (AvgIpc) is 2.69. The Balaban J connectivity index is 0.00000180. The van der Waals surface area contributed by atoms with Crippen LogP contribution < -0.4 is 5.73 Å². The van der Waals surface area contributed by atoms with Crippen LogP contribution in [0.5, 0.6) is 0 Å². The summed E-state index contributed by atoms with van der Waals surface area (Å²) in [6, 6.07) is 9.66. The van der Waals surface area contributed by atoms with Gasteiger partial charge in [-0.15, -0.1) is 12.4 Å². The van der Waals surface area contributed by atoms with Crippen molar-refractivity contribution in [1.29, 1.82) is 0 Å². The molecule has 1 amide bonds. The van der Waals surface area contributed by atoms with Crippen LogP contribution in [0.3, 0.4) is 0 Å². The van der Waals surface area contributed by atoms with E-state index in [-0.39, 0.29) is 24.4 Å². The number of nitrogens with two attached hydrogens (primary N) is 1. The number of para-hydroxylation sites is 1. The number of hydrogen-bond donors (Lipinski definition) is 1. The molecule has 0 aliphatic rings. The van der Waals surface area contributed by atoms with Gasteiger partial charge in [0.05, 0.1) is 6.54 Å². The Morgan fingerprint density at radius 1 is 1.42 bits per heavy atom. The summed E-state index contributed by atoms with van der Waals surface area (Å²) in [6.07, 6.45) is 0.358. The summed E-state index contributed by atoms with van der Waals surface area (Å²) >= 11 is 0. The van der Waals surface area contributed by atoms with Gasteiger partial charge in [0.2, 0.25) is 5.91 Å². The normalized spacial score (nSPS) is 11.9. The molecule has 1 heterocycles. The smallest absolute Gasteiger partial charge is 0.224 e. The first kappa shape index (κ1) is 15.5. The molecule has 2 N–H and O–H groups in total. The molecule has 1 unspecified atom stereocenters. The molecule has 2 rings (SSSR count). The predicted molar refractivity (Wildman–Crippen MR) is 78.2 cm³/mol. The van der Waals surface area contributed by atoms with Crippen LogP contribution in [-0.2, 0) is 11.3 Å². The quantitative estimate of drug-likeness (QED) is 0.937. The molecule has 0 aliphatic carbocycles. The Hall–Kier alpha value is -1.52. The fourth-order valence-electron chi connectivity index (χ4n) is 1.87. The van der Waals surface area contributed by atoms with Gasteiger partial charge in [-0.25, -0.2) is 0 Å². The van der Waals surface area contributed by atoms with Gasteiger partial charge < -0.3 is 15.1 Å². The molecule has 104 valence electrons. The average molecular weight is 283 g/mol. The maximum atomic E-state index is 11.8. The lowest BCUT2D eigenvalue weighted by molar-refractivity contribution is -0.130. The molecule has 5 heteroatoms. The standard InChI is InChI=1S/C14H18N2O2.ClH/c1-10(15)7-14(17)16(2)9-12-8-11-5-3-4-6-13(11)18-12;/h3-6,8,10H,7,9,15H2,1-2H3;1H. The molecule has 1 atom stereocenters. The number of carbonyl (C=O) groups excluding carboxylic acids is 1. The topological polar surface area (TPSA) is 59.5 Å². The van der Waals surface area contributed by atoms with Crippen molar-refractivity contribution >= 4 is 29.3 Å². The van der Waals surface area contributed by atoms with Crippen LogP contribution in [0.2, 0.25) is 0 Å². The summed E-state index contributed by atoms with van der Waals surface area (Å²) in [7, 11) is 1.76. The Morgan fingerprint density at radius 3 is 2.74 bits per heavy atom. The van der Waals surface area contributed by atoms with Crippen molar-refractivity contribution in [2.24, 2.45) is 5.73 Å². The second-order valence-corrected chi connectivity index (χ2v) is 4.68. The number of carbonyl (C=O) groups is 1. The largest absolute Gasteiger partial charge is 0.459 e. The lowest BCUT2D eigenvalue weighted by Crippen LogP contribution is -2.31. The number of halogens is 1. The lowest BCUT2D eigenvalue weighted by Gasteiger charge is -2.16. The third kappa shape index (κ3) is 3.98. The Kier molecular flexibility index (Phi) is 5.39. The van der Waals surface area contributed by atoms with Crippen LogP contribution in [-0.4, -0.2) is 23.9 Å². The van der Waals surface area contributed by atoms with Crippen LogP contribution in [0.4, 0.5) is 0 Å². The summed E-state index contributed by atoms with van der Waals surface area (Å²) in [6.45, 7) is 2.30. The first-order valence-corrected chi connectivity index (χ1v) is 6.03. The molecule has 0 radical (unpaired) electrons. The van der Waals surface area contributed by atoms with E-state index in [0.717, 1.165) is 16.7 Å². The highest BCUT2D eigenvalue weighted by Gasteiger charge is 2.13. The number of rotatable bonds is 4. The van der Waals surface area contributed by atoms with Gasteiger partial charge in [0.25, 0.3) is 0 Å². The van der Waals surface area contributed by atoms with Crippen LogP contribution in [0.15, 0.2) is 34.7 Å². The van der Waals surface area contributed by atoms with E-state index >= 15 is 0 Å². The molecule has 2 aromatic rings. The molecule has 0 spiro atoms. The molecule has 0 fully saturated rings. The highest BCUT2D eigenvalue weighted by molar-refractivity contribution is 5.85. The summed E-state index contributed by atoms with van der Waals surface area (Å²) in [5.74, 6) is 0.821. The highest BCUT2D eigenvalue weighted by Crippen LogP contribution is 2.19. The fourth-order valence-corrected chi connectivity index (χ4v) is 1.87. The zero-order valence-corrected chi connectivity index (χ0v) is 11.9. The van der Waals surface area contributed by atoms with Crippen molar-refractivity contribution in [3.05, 3.63) is 36.1 Å². The molecule has 0 bridgehead atoms. The Labute approximate surface area is 119 Å². The van der Waals surface area contributed by atoms with E-state index in [0.29, 0.717) is 13.0 Å². The third-order valence-electron chi connectivity index (χ3n) is 2.79. The van der Waals surface area contributed by atoms with Gasteiger partial charge in [-0.3, -0.25) is 4.79 Å². The maximum absolute atomic E-state index is 11.8. The number of benzene rings is 1. The zero-order valence-electron chi connectivity index (χ0n) is 11.1. The molecule has 1 aromatic carbocycles. The summed E-state index contributed by atoms with van der Waals surface area (Å²) in [5, 5.41) is 1.06. The van der Waals surface area contributed by atoms with Crippen molar-refractivity contribution in [2.45, 2.75) is 25.9 Å².